The molecule has 20 heavy (non-hydrogen) atoms. The predicted octanol–water partition coefficient (Wildman–Crippen LogP) is 0.388. The van der Waals surface area contributed by atoms with E-state index >= 15 is 0 Å². The average molecular weight is 284 g/mol. The minimum absolute atomic E-state index is 0.184. The zero-order valence-corrected chi connectivity index (χ0v) is 12.6. The Balaban J connectivity index is 2.61. The van der Waals surface area contributed by atoms with Crippen LogP contribution >= 0.6 is 0 Å². The van der Waals surface area contributed by atoms with Crippen LogP contribution in [0.15, 0.2) is 0 Å². The molecule has 6 nitrogen and oxygen atoms in total. The number of hydrogen-bond donors (Lipinski definition) is 2. The number of hydrogen-bond acceptors (Lipinski definition) is 5. The Bertz CT molecular complexity index is 415. The Labute approximate surface area is 119 Å². The molecule has 0 radical (unpaired) electrons. The molecule has 1 heterocycles. The lowest BCUT2D eigenvalue weighted by molar-refractivity contribution is -0.143. The lowest BCUT2D eigenvalue weighted by atomic mass is 9.65. The van der Waals surface area contributed by atoms with E-state index in [9.17, 15) is 14.4 Å². The Morgan fingerprint density at radius 3 is 2.40 bits per heavy atom. The highest BCUT2D eigenvalue weighted by atomic mass is 16.5. The van der Waals surface area contributed by atoms with Gasteiger partial charge < -0.3 is 15.8 Å². The molecule has 6 heteroatoms. The molecule has 1 saturated heterocycles. The second kappa shape index (κ2) is 5.91. The molecule has 0 aromatic carbocycles. The molecule has 1 amide bonds. The third kappa shape index (κ3) is 3.36. The summed E-state index contributed by atoms with van der Waals surface area (Å²) in [6.45, 7) is 8.04. The van der Waals surface area contributed by atoms with Crippen molar-refractivity contribution in [2.45, 2.75) is 46.6 Å². The maximum absolute atomic E-state index is 12.3. The van der Waals surface area contributed by atoms with Gasteiger partial charge in [0.2, 0.25) is 5.91 Å². The van der Waals surface area contributed by atoms with Crippen LogP contribution in [0.1, 0.15) is 40.5 Å². The van der Waals surface area contributed by atoms with E-state index in [4.69, 9.17) is 10.5 Å². The number of esters is 1. The number of amides is 1. The summed E-state index contributed by atoms with van der Waals surface area (Å²) in [5.74, 6) is -1.07. The van der Waals surface area contributed by atoms with E-state index in [1.807, 2.05) is 13.8 Å². The minimum atomic E-state index is -0.713. The van der Waals surface area contributed by atoms with Crippen molar-refractivity contribution in [2.75, 3.05) is 13.2 Å². The van der Waals surface area contributed by atoms with Gasteiger partial charge in [-0.25, -0.2) is 4.79 Å². The third-order valence-corrected chi connectivity index (χ3v) is 4.49. The number of cyclic esters (lactones) is 1. The molecule has 1 unspecified atom stereocenters. The van der Waals surface area contributed by atoms with E-state index in [1.54, 1.807) is 13.8 Å². The van der Waals surface area contributed by atoms with Crippen LogP contribution in [0, 0.1) is 10.8 Å². The molecule has 1 aliphatic heterocycles. The van der Waals surface area contributed by atoms with Gasteiger partial charge in [0.1, 0.15) is 11.8 Å². The molecule has 1 atom stereocenters. The summed E-state index contributed by atoms with van der Waals surface area (Å²) in [6.07, 6.45) is 0.205. The predicted molar refractivity (Wildman–Crippen MR) is 73.7 cm³/mol. The van der Waals surface area contributed by atoms with E-state index < -0.39 is 28.7 Å². The lowest BCUT2D eigenvalue weighted by Crippen LogP contribution is -2.47. The fourth-order valence-electron chi connectivity index (χ4n) is 1.87. The van der Waals surface area contributed by atoms with E-state index in [0.717, 1.165) is 0 Å². The second-order valence-electron chi connectivity index (χ2n) is 6.39. The SMILES string of the molecule is CC(C)(CN)C(C)(C)C(=O)CC(=O)NC1CCOC1=O. The van der Waals surface area contributed by atoms with E-state index in [-0.39, 0.29) is 12.2 Å². The average Bonchev–Trinajstić information content (AvgIpc) is 2.74. The number of carbonyl (C=O) groups excluding carboxylic acids is 3. The summed E-state index contributed by atoms with van der Waals surface area (Å²) >= 11 is 0. The highest BCUT2D eigenvalue weighted by Crippen LogP contribution is 2.39. The molecule has 1 aliphatic rings. The first kappa shape index (κ1) is 16.6. The monoisotopic (exact) mass is 284 g/mol. The Kier molecular flexibility index (Phi) is 4.91. The van der Waals surface area contributed by atoms with Crippen LogP contribution in [0.3, 0.4) is 0 Å². The van der Waals surface area contributed by atoms with Gasteiger partial charge in [-0.2, -0.15) is 0 Å². The van der Waals surface area contributed by atoms with Crippen molar-refractivity contribution in [3.05, 3.63) is 0 Å². The van der Waals surface area contributed by atoms with Crippen LogP contribution in [0.25, 0.3) is 0 Å². The molecule has 0 saturated carbocycles. The van der Waals surface area contributed by atoms with Gasteiger partial charge in [-0.3, -0.25) is 9.59 Å². The number of carbonyl (C=O) groups is 3. The summed E-state index contributed by atoms with van der Waals surface area (Å²) in [7, 11) is 0. The van der Waals surface area contributed by atoms with Crippen molar-refractivity contribution in [3.63, 3.8) is 0 Å². The molecule has 114 valence electrons. The van der Waals surface area contributed by atoms with Crippen LogP contribution in [-0.4, -0.2) is 36.9 Å². The van der Waals surface area contributed by atoms with Gasteiger partial charge in [-0.1, -0.05) is 27.7 Å². The number of nitrogens with two attached hydrogens (primary N) is 1. The van der Waals surface area contributed by atoms with Crippen LogP contribution in [0.4, 0.5) is 0 Å². The Morgan fingerprint density at radius 1 is 1.35 bits per heavy atom. The van der Waals surface area contributed by atoms with Crippen LogP contribution in [-0.2, 0) is 19.1 Å². The zero-order valence-electron chi connectivity index (χ0n) is 12.6. The number of ketones is 1. The third-order valence-electron chi connectivity index (χ3n) is 4.49. The van der Waals surface area contributed by atoms with Crippen LogP contribution in [0.5, 0.6) is 0 Å². The van der Waals surface area contributed by atoms with E-state index in [2.05, 4.69) is 5.32 Å². The molecule has 1 rings (SSSR count). The summed E-state index contributed by atoms with van der Waals surface area (Å²) in [5, 5.41) is 2.54. The largest absolute Gasteiger partial charge is 0.464 e. The summed E-state index contributed by atoms with van der Waals surface area (Å²) in [6, 6.07) is -0.624. The summed E-state index contributed by atoms with van der Waals surface area (Å²) in [5.41, 5.74) is 4.58. The first-order valence-electron chi connectivity index (χ1n) is 6.81. The highest BCUT2D eigenvalue weighted by molar-refractivity contribution is 6.02. The smallest absolute Gasteiger partial charge is 0.328 e. The molecule has 0 spiro atoms. The number of rotatable bonds is 6. The van der Waals surface area contributed by atoms with Crippen molar-refractivity contribution in [3.8, 4) is 0 Å². The Morgan fingerprint density at radius 2 is 1.95 bits per heavy atom. The maximum atomic E-state index is 12.3. The van der Waals surface area contributed by atoms with Gasteiger partial charge >= 0.3 is 5.97 Å². The first-order chi connectivity index (χ1) is 9.11. The number of Topliss-reactive ketones (excluding diaryl/α,β-unsaturated/α-hetero) is 1. The molecule has 3 N–H and O–H groups in total. The molecular weight excluding hydrogens is 260 g/mol. The quantitative estimate of drug-likeness (QED) is 0.543. The van der Waals surface area contributed by atoms with Crippen molar-refractivity contribution in [1.82, 2.24) is 5.32 Å². The lowest BCUT2D eigenvalue weighted by Gasteiger charge is -2.39. The highest BCUT2D eigenvalue weighted by Gasteiger charge is 2.42. The van der Waals surface area contributed by atoms with Crippen molar-refractivity contribution in [2.24, 2.45) is 16.6 Å². The van der Waals surface area contributed by atoms with Gasteiger partial charge in [0.25, 0.3) is 0 Å². The fraction of sp³-hybridized carbons (Fsp3) is 0.786. The van der Waals surface area contributed by atoms with Crippen molar-refractivity contribution in [1.29, 1.82) is 0 Å². The molecule has 0 aromatic heterocycles. The fourth-order valence-corrected chi connectivity index (χ4v) is 1.87. The standard InChI is InChI=1S/C14H24N2O4/c1-13(2,8-15)14(3,4)10(17)7-11(18)16-9-5-6-20-12(9)19/h9H,5-8,15H2,1-4H3,(H,16,18). The molecule has 1 fully saturated rings. The van der Waals surface area contributed by atoms with Crippen LogP contribution in [0.2, 0.25) is 0 Å². The van der Waals surface area contributed by atoms with Gasteiger partial charge in [0, 0.05) is 11.8 Å². The van der Waals surface area contributed by atoms with Crippen LogP contribution < -0.4 is 11.1 Å². The van der Waals surface area contributed by atoms with E-state index in [0.29, 0.717) is 19.6 Å². The Hall–Kier alpha value is -1.43. The molecular formula is C14H24N2O4. The van der Waals surface area contributed by atoms with Gasteiger partial charge in [0.05, 0.1) is 13.0 Å². The normalized spacial score (nSPS) is 19.6. The molecule has 0 bridgehead atoms. The number of nitrogens with one attached hydrogen (secondary N) is 1. The van der Waals surface area contributed by atoms with Gasteiger partial charge in [-0.15, -0.1) is 0 Å². The van der Waals surface area contributed by atoms with Crippen molar-refractivity contribution >= 4 is 17.7 Å². The zero-order chi connectivity index (χ0) is 15.6. The minimum Gasteiger partial charge on any atom is -0.464 e. The van der Waals surface area contributed by atoms with Crippen molar-refractivity contribution < 1.29 is 19.1 Å². The van der Waals surface area contributed by atoms with Gasteiger partial charge in [0.15, 0.2) is 0 Å². The maximum Gasteiger partial charge on any atom is 0.328 e. The summed E-state index contributed by atoms with van der Waals surface area (Å²) < 4.78 is 4.76. The second-order valence-corrected chi connectivity index (χ2v) is 6.39. The van der Waals surface area contributed by atoms with E-state index in [1.165, 1.54) is 0 Å². The first-order valence-corrected chi connectivity index (χ1v) is 6.81. The number of ether oxygens (including phenoxy) is 1. The summed E-state index contributed by atoms with van der Waals surface area (Å²) in [4.78, 5) is 35.4. The topological polar surface area (TPSA) is 98.5 Å². The molecule has 0 aromatic rings. The molecule has 0 aliphatic carbocycles. The van der Waals surface area contributed by atoms with Gasteiger partial charge in [-0.05, 0) is 12.0 Å².